The molecule has 0 N–H and O–H groups in total. The zero-order valence-corrected chi connectivity index (χ0v) is 4.70. The van der Waals surface area contributed by atoms with Crippen LogP contribution < -0.4 is 0 Å². The summed E-state index contributed by atoms with van der Waals surface area (Å²) in [6.45, 7) is 5.38. The van der Waals surface area contributed by atoms with Gasteiger partial charge in [0.2, 0.25) is 0 Å². The highest BCUT2D eigenvalue weighted by Gasteiger charge is 1.64. The van der Waals surface area contributed by atoms with Gasteiger partial charge in [-0.3, -0.25) is 0 Å². The van der Waals surface area contributed by atoms with Crippen molar-refractivity contribution in [3.8, 4) is 0 Å². The summed E-state index contributed by atoms with van der Waals surface area (Å²) in [5.74, 6) is 0. The third-order valence-electron chi connectivity index (χ3n) is 0.359. The lowest BCUT2D eigenvalue weighted by atomic mass is 10.5. The Balaban J connectivity index is 3.41. The van der Waals surface area contributed by atoms with Crippen molar-refractivity contribution in [1.29, 1.82) is 0 Å². The molecule has 0 radical (unpaired) electrons. The largest absolute Gasteiger partial charge is 0.148 e. The zero-order chi connectivity index (χ0) is 4.99. The van der Waals surface area contributed by atoms with Gasteiger partial charge in [0, 0.05) is 0 Å². The molecule has 0 saturated heterocycles. The molecule has 0 rings (SSSR count). The lowest BCUT2D eigenvalue weighted by molar-refractivity contribution is 1.69. The summed E-state index contributed by atoms with van der Waals surface area (Å²) in [7, 11) is 0. The summed E-state index contributed by atoms with van der Waals surface area (Å²) in [6, 6.07) is 0. The van der Waals surface area contributed by atoms with Crippen molar-refractivity contribution in [3.05, 3.63) is 23.6 Å². The normalized spacial score (nSPS) is 11.3. The quantitative estimate of drug-likeness (QED) is 0.378. The van der Waals surface area contributed by atoms with Gasteiger partial charge in [-0.1, -0.05) is 18.7 Å². The second-order valence-electron chi connectivity index (χ2n) is 1.04. The highest BCUT2D eigenvalue weighted by Crippen LogP contribution is 1.94. The highest BCUT2D eigenvalue weighted by atomic mass is 32.1. The monoisotopic (exact) mass is 100 g/mol. The van der Waals surface area contributed by atoms with Crippen molar-refractivity contribution in [2.75, 3.05) is 0 Å². The van der Waals surface area contributed by atoms with Crippen LogP contribution >= 0.6 is 12.6 Å². The standard InChI is InChI=1S/C5H8S/c1-3-4-5(2)6/h3-4,6H,1H2,2H3. The second-order valence-corrected chi connectivity index (χ2v) is 1.75. The summed E-state index contributed by atoms with van der Waals surface area (Å²) < 4.78 is 0. The molecule has 0 aliphatic carbocycles. The highest BCUT2D eigenvalue weighted by molar-refractivity contribution is 7.84. The van der Waals surface area contributed by atoms with Gasteiger partial charge in [-0.25, -0.2) is 0 Å². The van der Waals surface area contributed by atoms with Gasteiger partial charge >= 0.3 is 0 Å². The first-order chi connectivity index (χ1) is 2.77. The van der Waals surface area contributed by atoms with Gasteiger partial charge in [-0.15, -0.1) is 12.6 Å². The molecule has 0 aliphatic heterocycles. The van der Waals surface area contributed by atoms with Gasteiger partial charge in [0.25, 0.3) is 0 Å². The predicted molar refractivity (Wildman–Crippen MR) is 32.9 cm³/mol. The van der Waals surface area contributed by atoms with Crippen LogP contribution in [0.5, 0.6) is 0 Å². The summed E-state index contributed by atoms with van der Waals surface area (Å²) in [6.07, 6.45) is 3.55. The van der Waals surface area contributed by atoms with Crippen LogP contribution in [-0.4, -0.2) is 0 Å². The Labute approximate surface area is 44.0 Å². The molecular weight excluding hydrogens is 92.1 g/mol. The first-order valence-corrected chi connectivity index (χ1v) is 2.20. The van der Waals surface area contributed by atoms with Crippen LogP contribution in [0.1, 0.15) is 6.92 Å². The minimum absolute atomic E-state index is 0.991. The number of hydrogen-bond acceptors (Lipinski definition) is 1. The van der Waals surface area contributed by atoms with Gasteiger partial charge in [0.05, 0.1) is 0 Å². The van der Waals surface area contributed by atoms with E-state index in [4.69, 9.17) is 0 Å². The number of allylic oxidation sites excluding steroid dienone is 3. The van der Waals surface area contributed by atoms with Crippen molar-refractivity contribution in [1.82, 2.24) is 0 Å². The van der Waals surface area contributed by atoms with Crippen LogP contribution in [0.25, 0.3) is 0 Å². The van der Waals surface area contributed by atoms with Crippen LogP contribution in [0.3, 0.4) is 0 Å². The first kappa shape index (κ1) is 5.83. The van der Waals surface area contributed by atoms with Gasteiger partial charge < -0.3 is 0 Å². The SMILES string of the molecule is C=CC=C(C)S. The summed E-state index contributed by atoms with van der Waals surface area (Å²) >= 11 is 3.97. The van der Waals surface area contributed by atoms with E-state index in [9.17, 15) is 0 Å². The van der Waals surface area contributed by atoms with E-state index in [1.165, 1.54) is 0 Å². The third-order valence-corrected chi connectivity index (χ3v) is 0.508. The Kier molecular flexibility index (Phi) is 2.95. The Bertz CT molecular complexity index is 68.0. The van der Waals surface area contributed by atoms with E-state index in [2.05, 4.69) is 19.2 Å². The molecule has 0 unspecified atom stereocenters. The van der Waals surface area contributed by atoms with Crippen LogP contribution in [0.2, 0.25) is 0 Å². The van der Waals surface area contributed by atoms with Crippen LogP contribution in [-0.2, 0) is 0 Å². The fourth-order valence-electron chi connectivity index (χ4n) is 0.171. The topological polar surface area (TPSA) is 0 Å². The molecule has 0 saturated carbocycles. The maximum atomic E-state index is 3.97. The summed E-state index contributed by atoms with van der Waals surface area (Å²) in [4.78, 5) is 0.991. The molecule has 0 aromatic carbocycles. The van der Waals surface area contributed by atoms with Gasteiger partial charge in [0.1, 0.15) is 0 Å². The average Bonchev–Trinajstić information content (AvgIpc) is 1.35. The number of thiol groups is 1. The fourth-order valence-corrected chi connectivity index (χ4v) is 0.276. The fraction of sp³-hybridized carbons (Fsp3) is 0.200. The van der Waals surface area contributed by atoms with Crippen molar-refractivity contribution in [2.24, 2.45) is 0 Å². The van der Waals surface area contributed by atoms with Gasteiger partial charge in [0.15, 0.2) is 0 Å². The van der Waals surface area contributed by atoms with Crippen LogP contribution in [0, 0.1) is 0 Å². The Hall–Kier alpha value is -0.170. The lowest BCUT2D eigenvalue weighted by Crippen LogP contribution is -1.49. The van der Waals surface area contributed by atoms with E-state index >= 15 is 0 Å². The van der Waals surface area contributed by atoms with Crippen molar-refractivity contribution < 1.29 is 0 Å². The molecule has 0 aromatic rings. The molecule has 6 heavy (non-hydrogen) atoms. The third kappa shape index (κ3) is 3.83. The van der Waals surface area contributed by atoms with Crippen LogP contribution in [0.15, 0.2) is 23.6 Å². The average molecular weight is 100 g/mol. The Morgan fingerprint density at radius 3 is 2.33 bits per heavy atom. The van der Waals surface area contributed by atoms with Gasteiger partial charge in [-0.2, -0.15) is 0 Å². The Morgan fingerprint density at radius 1 is 1.83 bits per heavy atom. The number of rotatable bonds is 1. The molecule has 34 valence electrons. The molecular formula is C5H8S. The molecule has 0 spiro atoms. The lowest BCUT2D eigenvalue weighted by Gasteiger charge is -1.75. The van der Waals surface area contributed by atoms with Crippen molar-refractivity contribution >= 4 is 12.6 Å². The summed E-state index contributed by atoms with van der Waals surface area (Å²) in [5.41, 5.74) is 0. The molecule has 0 atom stereocenters. The van der Waals surface area contributed by atoms with Crippen LogP contribution in [0.4, 0.5) is 0 Å². The van der Waals surface area contributed by atoms with E-state index in [0.717, 1.165) is 4.91 Å². The predicted octanol–water partition coefficient (Wildman–Crippen LogP) is 2.01. The second kappa shape index (κ2) is 3.04. The molecule has 0 aromatic heterocycles. The minimum Gasteiger partial charge on any atom is -0.148 e. The minimum atomic E-state index is 0.991. The van der Waals surface area contributed by atoms with E-state index < -0.39 is 0 Å². The maximum Gasteiger partial charge on any atom is -0.0215 e. The van der Waals surface area contributed by atoms with E-state index in [1.54, 1.807) is 6.08 Å². The van der Waals surface area contributed by atoms with Crippen molar-refractivity contribution in [2.45, 2.75) is 6.92 Å². The van der Waals surface area contributed by atoms with Gasteiger partial charge in [-0.05, 0) is 11.8 Å². The van der Waals surface area contributed by atoms with E-state index in [0.29, 0.717) is 0 Å². The molecule has 0 nitrogen and oxygen atoms in total. The first-order valence-electron chi connectivity index (χ1n) is 1.75. The summed E-state index contributed by atoms with van der Waals surface area (Å²) in [5, 5.41) is 0. The molecule has 0 amide bonds. The van der Waals surface area contributed by atoms with E-state index in [-0.39, 0.29) is 0 Å². The number of hydrogen-bond donors (Lipinski definition) is 1. The molecule has 0 heterocycles. The van der Waals surface area contributed by atoms with E-state index in [1.807, 2.05) is 13.0 Å². The molecule has 0 fully saturated rings. The zero-order valence-electron chi connectivity index (χ0n) is 3.81. The smallest absolute Gasteiger partial charge is 0.0215 e. The Morgan fingerprint density at radius 2 is 2.33 bits per heavy atom. The molecule has 0 aliphatic rings. The van der Waals surface area contributed by atoms with Crippen molar-refractivity contribution in [3.63, 3.8) is 0 Å². The molecule has 0 bridgehead atoms. The maximum absolute atomic E-state index is 3.97. The molecule has 1 heteroatoms.